The fourth-order valence-electron chi connectivity index (χ4n) is 1.40. The lowest BCUT2D eigenvalue weighted by atomic mass is 10.2. The Balaban J connectivity index is 2.96. The average molecular weight is 300 g/mol. The number of nitrogens with zero attached hydrogens (tertiary/aromatic N) is 1. The lowest BCUT2D eigenvalue weighted by molar-refractivity contribution is -0.140. The predicted octanol–water partition coefficient (Wildman–Crippen LogP) is 4.02. The van der Waals surface area contributed by atoms with Crippen LogP contribution in [0.1, 0.15) is 17.3 Å². The van der Waals surface area contributed by atoms with Gasteiger partial charge in [-0.15, -0.1) is 0 Å². The first kappa shape index (κ1) is 15.1. The van der Waals surface area contributed by atoms with Gasteiger partial charge in [-0.05, 0) is 25.1 Å². The molecule has 0 radical (unpaired) electrons. The molecule has 0 aliphatic carbocycles. The van der Waals surface area contributed by atoms with Gasteiger partial charge in [0.2, 0.25) is 0 Å². The summed E-state index contributed by atoms with van der Waals surface area (Å²) in [7, 11) is 0. The Hall–Kier alpha value is -0.940. The lowest BCUT2D eigenvalue weighted by Crippen LogP contribution is -2.38. The van der Waals surface area contributed by atoms with Gasteiger partial charge in [0.25, 0.3) is 5.91 Å². The predicted molar refractivity (Wildman–Crippen MR) is 64.1 cm³/mol. The van der Waals surface area contributed by atoms with Gasteiger partial charge < -0.3 is 4.90 Å². The monoisotopic (exact) mass is 299 g/mol. The molecule has 0 unspecified atom stereocenters. The van der Waals surface area contributed by atoms with Crippen LogP contribution in [0.25, 0.3) is 0 Å². The van der Waals surface area contributed by atoms with Crippen molar-refractivity contribution in [1.82, 2.24) is 4.90 Å². The molecule has 0 atom stereocenters. The van der Waals surface area contributed by atoms with Gasteiger partial charge in [-0.25, -0.2) is 0 Å². The molecule has 0 spiro atoms. The van der Waals surface area contributed by atoms with Crippen molar-refractivity contribution in [2.75, 3.05) is 13.1 Å². The van der Waals surface area contributed by atoms with Crippen molar-refractivity contribution in [3.63, 3.8) is 0 Å². The van der Waals surface area contributed by atoms with Crippen molar-refractivity contribution in [2.45, 2.75) is 13.1 Å². The average Bonchev–Trinajstić information content (AvgIpc) is 2.22. The van der Waals surface area contributed by atoms with Crippen LogP contribution >= 0.6 is 23.2 Å². The maximum Gasteiger partial charge on any atom is 0.406 e. The highest BCUT2D eigenvalue weighted by Gasteiger charge is 2.32. The van der Waals surface area contributed by atoms with E-state index in [9.17, 15) is 18.0 Å². The molecule has 18 heavy (non-hydrogen) atoms. The molecule has 0 saturated heterocycles. The number of halogens is 5. The number of rotatable bonds is 3. The fourth-order valence-corrected chi connectivity index (χ4v) is 1.93. The van der Waals surface area contributed by atoms with Gasteiger partial charge in [-0.2, -0.15) is 13.2 Å². The molecule has 0 aliphatic heterocycles. The second kappa shape index (κ2) is 5.80. The van der Waals surface area contributed by atoms with E-state index < -0.39 is 18.6 Å². The molecule has 100 valence electrons. The standard InChI is InChI=1S/C11H10Cl2F3NO/c1-2-17(6-11(14,15)16)10(18)7-3-8(12)5-9(13)4-7/h3-5H,2,6H2,1H3. The Labute approximate surface area is 112 Å². The van der Waals surface area contributed by atoms with E-state index in [4.69, 9.17) is 23.2 Å². The molecule has 0 N–H and O–H groups in total. The normalized spacial score (nSPS) is 11.4. The topological polar surface area (TPSA) is 20.3 Å². The van der Waals surface area contributed by atoms with E-state index in [1.165, 1.54) is 25.1 Å². The van der Waals surface area contributed by atoms with Gasteiger partial charge in [0.05, 0.1) is 0 Å². The lowest BCUT2D eigenvalue weighted by Gasteiger charge is -2.22. The number of amides is 1. The molecule has 0 heterocycles. The van der Waals surface area contributed by atoms with Crippen LogP contribution < -0.4 is 0 Å². The zero-order valence-electron chi connectivity index (χ0n) is 9.39. The molecule has 0 fully saturated rings. The summed E-state index contributed by atoms with van der Waals surface area (Å²) in [6.07, 6.45) is -4.44. The summed E-state index contributed by atoms with van der Waals surface area (Å²) in [6, 6.07) is 3.98. The summed E-state index contributed by atoms with van der Waals surface area (Å²) in [5, 5.41) is 0.405. The SMILES string of the molecule is CCN(CC(F)(F)F)C(=O)c1cc(Cl)cc(Cl)c1. The maximum absolute atomic E-state index is 12.3. The molecular weight excluding hydrogens is 290 g/mol. The highest BCUT2D eigenvalue weighted by molar-refractivity contribution is 6.35. The third-order valence-corrected chi connectivity index (χ3v) is 2.59. The Morgan fingerprint density at radius 2 is 1.72 bits per heavy atom. The van der Waals surface area contributed by atoms with E-state index in [1.807, 2.05) is 0 Å². The van der Waals surface area contributed by atoms with Crippen molar-refractivity contribution in [3.05, 3.63) is 33.8 Å². The Kier molecular flexibility index (Phi) is 4.87. The van der Waals surface area contributed by atoms with E-state index in [0.29, 0.717) is 4.90 Å². The fraction of sp³-hybridized carbons (Fsp3) is 0.364. The minimum atomic E-state index is -4.44. The van der Waals surface area contributed by atoms with Crippen LogP contribution in [-0.2, 0) is 0 Å². The summed E-state index contributed by atoms with van der Waals surface area (Å²) < 4.78 is 36.8. The molecule has 1 rings (SSSR count). The van der Waals surface area contributed by atoms with Gasteiger partial charge in [-0.3, -0.25) is 4.79 Å². The van der Waals surface area contributed by atoms with Crippen LogP contribution in [0, 0.1) is 0 Å². The molecular formula is C11H10Cl2F3NO. The largest absolute Gasteiger partial charge is 0.406 e. The first-order valence-electron chi connectivity index (χ1n) is 5.05. The van der Waals surface area contributed by atoms with E-state index >= 15 is 0 Å². The second-order valence-corrected chi connectivity index (χ2v) is 4.47. The maximum atomic E-state index is 12.3. The van der Waals surface area contributed by atoms with Crippen LogP contribution in [0.5, 0.6) is 0 Å². The zero-order chi connectivity index (χ0) is 13.9. The van der Waals surface area contributed by atoms with Gasteiger partial charge in [0, 0.05) is 22.2 Å². The van der Waals surface area contributed by atoms with Crippen LogP contribution in [0.2, 0.25) is 10.0 Å². The molecule has 0 bridgehead atoms. The highest BCUT2D eigenvalue weighted by atomic mass is 35.5. The number of carbonyl (C=O) groups is 1. The smallest absolute Gasteiger partial charge is 0.330 e. The minimum Gasteiger partial charge on any atom is -0.330 e. The van der Waals surface area contributed by atoms with E-state index in [0.717, 1.165) is 0 Å². The van der Waals surface area contributed by atoms with Crippen LogP contribution in [-0.4, -0.2) is 30.1 Å². The van der Waals surface area contributed by atoms with Gasteiger partial charge in [0.1, 0.15) is 6.54 Å². The molecule has 1 aromatic rings. The van der Waals surface area contributed by atoms with Crippen molar-refractivity contribution in [3.8, 4) is 0 Å². The summed E-state index contributed by atoms with van der Waals surface area (Å²) in [5.74, 6) is -0.751. The quantitative estimate of drug-likeness (QED) is 0.825. The summed E-state index contributed by atoms with van der Waals surface area (Å²) in [5.41, 5.74) is 0.0404. The summed E-state index contributed by atoms with van der Waals surface area (Å²) in [4.78, 5) is 12.5. The van der Waals surface area contributed by atoms with Crippen molar-refractivity contribution in [1.29, 1.82) is 0 Å². The highest BCUT2D eigenvalue weighted by Crippen LogP contribution is 2.22. The third-order valence-electron chi connectivity index (χ3n) is 2.15. The molecule has 2 nitrogen and oxygen atoms in total. The van der Waals surface area contributed by atoms with Crippen LogP contribution in [0.4, 0.5) is 13.2 Å². The molecule has 0 aromatic heterocycles. The summed E-state index contributed by atoms with van der Waals surface area (Å²) >= 11 is 11.4. The zero-order valence-corrected chi connectivity index (χ0v) is 10.9. The Morgan fingerprint density at radius 3 is 2.11 bits per heavy atom. The Morgan fingerprint density at radius 1 is 1.22 bits per heavy atom. The summed E-state index contributed by atoms with van der Waals surface area (Å²) in [6.45, 7) is 0.116. The van der Waals surface area contributed by atoms with Crippen LogP contribution in [0.15, 0.2) is 18.2 Å². The second-order valence-electron chi connectivity index (χ2n) is 3.59. The Bertz CT molecular complexity index is 428. The van der Waals surface area contributed by atoms with Gasteiger partial charge in [-0.1, -0.05) is 23.2 Å². The van der Waals surface area contributed by atoms with E-state index in [-0.39, 0.29) is 22.2 Å². The number of hydrogen-bond donors (Lipinski definition) is 0. The van der Waals surface area contributed by atoms with Crippen molar-refractivity contribution in [2.24, 2.45) is 0 Å². The number of alkyl halides is 3. The molecule has 7 heteroatoms. The number of hydrogen-bond acceptors (Lipinski definition) is 1. The van der Waals surface area contributed by atoms with Crippen molar-refractivity contribution < 1.29 is 18.0 Å². The van der Waals surface area contributed by atoms with Gasteiger partial charge >= 0.3 is 6.18 Å². The third kappa shape index (κ3) is 4.38. The van der Waals surface area contributed by atoms with Crippen molar-refractivity contribution >= 4 is 29.1 Å². The molecule has 1 aromatic carbocycles. The minimum absolute atomic E-state index is 0.0404. The van der Waals surface area contributed by atoms with E-state index in [1.54, 1.807) is 0 Å². The van der Waals surface area contributed by atoms with Crippen LogP contribution in [0.3, 0.4) is 0 Å². The molecule has 0 aliphatic rings. The first-order valence-corrected chi connectivity index (χ1v) is 5.80. The number of carbonyl (C=O) groups excluding carboxylic acids is 1. The van der Waals surface area contributed by atoms with Gasteiger partial charge in [0.15, 0.2) is 0 Å². The number of benzene rings is 1. The molecule has 0 saturated carbocycles. The van der Waals surface area contributed by atoms with E-state index in [2.05, 4.69) is 0 Å². The molecule has 1 amide bonds. The first-order chi connectivity index (χ1) is 8.23.